The zero-order valence-corrected chi connectivity index (χ0v) is 15.8. The zero-order chi connectivity index (χ0) is 21.9. The lowest BCUT2D eigenvalue weighted by Crippen LogP contribution is -2.55. The Balaban J connectivity index is 4.60. The van der Waals surface area contributed by atoms with Crippen molar-refractivity contribution in [2.75, 3.05) is 13.2 Å². The fourth-order valence-corrected chi connectivity index (χ4v) is 1.93. The molecule has 0 rings (SSSR count). The van der Waals surface area contributed by atoms with Crippen molar-refractivity contribution in [2.24, 2.45) is 22.2 Å². The summed E-state index contributed by atoms with van der Waals surface area (Å²) >= 11 is 0. The lowest BCUT2D eigenvalue weighted by Gasteiger charge is -2.21. The summed E-state index contributed by atoms with van der Waals surface area (Å²) < 4.78 is 0. The molecule has 0 saturated heterocycles. The van der Waals surface area contributed by atoms with E-state index in [1.165, 1.54) is 13.8 Å². The van der Waals surface area contributed by atoms with Crippen molar-refractivity contribution >= 4 is 29.7 Å². The summed E-state index contributed by atoms with van der Waals surface area (Å²) in [7, 11) is 0. The summed E-state index contributed by atoms with van der Waals surface area (Å²) in [6.45, 7) is 2.35. The van der Waals surface area contributed by atoms with Crippen LogP contribution < -0.4 is 33.2 Å². The van der Waals surface area contributed by atoms with Gasteiger partial charge in [-0.15, -0.1) is 0 Å². The van der Waals surface area contributed by atoms with E-state index >= 15 is 0 Å². The molecule has 11 N–H and O–H groups in total. The van der Waals surface area contributed by atoms with Gasteiger partial charge in [-0.25, -0.2) is 4.79 Å². The number of nitrogens with one attached hydrogen (secondary N) is 3. The van der Waals surface area contributed by atoms with E-state index in [1.54, 1.807) is 0 Å². The highest BCUT2D eigenvalue weighted by Gasteiger charge is 2.26. The minimum absolute atomic E-state index is 0.0873. The Bertz CT molecular complexity index is 593. The molecule has 0 saturated carbocycles. The van der Waals surface area contributed by atoms with Gasteiger partial charge in [-0.05, 0) is 26.7 Å². The monoisotopic (exact) mass is 403 g/mol. The summed E-state index contributed by atoms with van der Waals surface area (Å²) in [4.78, 5) is 50.7. The van der Waals surface area contributed by atoms with E-state index in [1.807, 2.05) is 0 Å². The van der Waals surface area contributed by atoms with Crippen LogP contribution in [0.4, 0.5) is 0 Å². The number of aliphatic hydroxyl groups is 1. The average Bonchev–Trinajstić information content (AvgIpc) is 2.62. The van der Waals surface area contributed by atoms with E-state index in [2.05, 4.69) is 20.9 Å². The predicted molar refractivity (Wildman–Crippen MR) is 99.7 cm³/mol. The van der Waals surface area contributed by atoms with Gasteiger partial charge in [0.1, 0.15) is 24.2 Å². The number of guanidine groups is 1. The van der Waals surface area contributed by atoms with Gasteiger partial charge in [0.15, 0.2) is 5.96 Å². The normalized spacial score (nSPS) is 14.7. The lowest BCUT2D eigenvalue weighted by atomic mass is 10.1. The molecule has 0 radical (unpaired) electrons. The van der Waals surface area contributed by atoms with Crippen molar-refractivity contribution in [3.05, 3.63) is 0 Å². The molecule has 0 aromatic rings. The molecule has 4 atom stereocenters. The van der Waals surface area contributed by atoms with Crippen LogP contribution in [0.2, 0.25) is 0 Å². The zero-order valence-electron chi connectivity index (χ0n) is 15.8. The van der Waals surface area contributed by atoms with Gasteiger partial charge in [0, 0.05) is 6.54 Å². The molecule has 0 bridgehead atoms. The van der Waals surface area contributed by atoms with E-state index in [0.29, 0.717) is 6.42 Å². The second kappa shape index (κ2) is 12.5. The molecule has 0 aliphatic rings. The summed E-state index contributed by atoms with van der Waals surface area (Å²) in [5.41, 5.74) is 15.7. The van der Waals surface area contributed by atoms with Crippen molar-refractivity contribution in [3.8, 4) is 0 Å². The van der Waals surface area contributed by atoms with Gasteiger partial charge in [0.25, 0.3) is 0 Å². The molecule has 160 valence electrons. The first-order valence-electron chi connectivity index (χ1n) is 8.55. The van der Waals surface area contributed by atoms with Gasteiger partial charge in [0.05, 0.1) is 6.61 Å². The van der Waals surface area contributed by atoms with Crippen molar-refractivity contribution in [1.82, 2.24) is 16.0 Å². The first-order valence-corrected chi connectivity index (χ1v) is 8.55. The summed E-state index contributed by atoms with van der Waals surface area (Å²) in [6.07, 6.45) is 0.411. The second-order valence-electron chi connectivity index (χ2n) is 6.10. The summed E-state index contributed by atoms with van der Waals surface area (Å²) in [6, 6.07) is -4.43. The molecule has 0 heterocycles. The topological polar surface area (TPSA) is 235 Å². The molecule has 0 fully saturated rings. The molecule has 0 spiro atoms. The lowest BCUT2D eigenvalue weighted by molar-refractivity contribution is -0.142. The number of rotatable bonds is 12. The standard InChI is InChI=1S/C15H29N7O6/c1-7(21-13(26)9(16)6-23)11(24)20-8(2)12(25)22-10(14(27)28)4-3-5-19-15(17)18/h7-10,23H,3-6,16H2,1-2H3,(H,20,24)(H,21,26)(H,22,25)(H,27,28)(H4,17,18,19)/t7-,8-,9-,10-/m0/s1. The number of nitrogens with two attached hydrogens (primary N) is 3. The molecule has 0 unspecified atom stereocenters. The molecular formula is C15H29N7O6. The number of aliphatic imine (C=N–C) groups is 1. The maximum Gasteiger partial charge on any atom is 0.326 e. The molecule has 0 aromatic heterocycles. The van der Waals surface area contributed by atoms with Gasteiger partial charge in [-0.2, -0.15) is 0 Å². The van der Waals surface area contributed by atoms with Crippen molar-refractivity contribution < 1.29 is 29.4 Å². The van der Waals surface area contributed by atoms with E-state index in [4.69, 9.17) is 22.3 Å². The largest absolute Gasteiger partial charge is 0.480 e. The fourth-order valence-electron chi connectivity index (χ4n) is 1.93. The number of amides is 3. The molecule has 13 heteroatoms. The van der Waals surface area contributed by atoms with E-state index in [0.717, 1.165) is 0 Å². The smallest absolute Gasteiger partial charge is 0.326 e. The van der Waals surface area contributed by atoms with Crippen LogP contribution in [0.15, 0.2) is 4.99 Å². The molecular weight excluding hydrogens is 374 g/mol. The van der Waals surface area contributed by atoms with Gasteiger partial charge in [-0.1, -0.05) is 0 Å². The SMILES string of the molecule is C[C@H](NC(=O)[C@H](C)NC(=O)[C@@H](N)CO)C(=O)N[C@@H](CCCN=C(N)N)C(=O)O. The number of carboxylic acid groups (broad SMARTS) is 1. The molecule has 0 aromatic carbocycles. The predicted octanol–water partition coefficient (Wildman–Crippen LogP) is -4.06. The minimum Gasteiger partial charge on any atom is -0.480 e. The fraction of sp³-hybridized carbons (Fsp3) is 0.667. The Morgan fingerprint density at radius 2 is 1.46 bits per heavy atom. The first kappa shape index (κ1) is 25.1. The van der Waals surface area contributed by atoms with E-state index in [9.17, 15) is 24.3 Å². The van der Waals surface area contributed by atoms with Crippen LogP contribution in [0.1, 0.15) is 26.7 Å². The number of carbonyl (C=O) groups excluding carboxylic acids is 3. The van der Waals surface area contributed by atoms with Crippen LogP contribution in [0, 0.1) is 0 Å². The molecule has 13 nitrogen and oxygen atoms in total. The van der Waals surface area contributed by atoms with Crippen LogP contribution in [0.5, 0.6) is 0 Å². The molecule has 0 aliphatic heterocycles. The third kappa shape index (κ3) is 9.68. The number of aliphatic hydroxyl groups excluding tert-OH is 1. The minimum atomic E-state index is -1.24. The first-order chi connectivity index (χ1) is 13.0. The maximum atomic E-state index is 12.1. The highest BCUT2D eigenvalue weighted by atomic mass is 16.4. The molecule has 0 aliphatic carbocycles. The van der Waals surface area contributed by atoms with Crippen LogP contribution >= 0.6 is 0 Å². The molecule has 3 amide bonds. The highest BCUT2D eigenvalue weighted by molar-refractivity contribution is 5.93. The van der Waals surface area contributed by atoms with Gasteiger partial charge >= 0.3 is 5.97 Å². The van der Waals surface area contributed by atoms with Crippen molar-refractivity contribution in [1.29, 1.82) is 0 Å². The van der Waals surface area contributed by atoms with E-state index < -0.39 is 54.5 Å². The van der Waals surface area contributed by atoms with Gasteiger partial charge in [0.2, 0.25) is 17.7 Å². The summed E-state index contributed by atoms with van der Waals surface area (Å²) in [5.74, 6) is -3.48. The van der Waals surface area contributed by atoms with Crippen LogP contribution in [-0.4, -0.2) is 77.2 Å². The van der Waals surface area contributed by atoms with Crippen LogP contribution in [0.25, 0.3) is 0 Å². The summed E-state index contributed by atoms with van der Waals surface area (Å²) in [5, 5.41) is 24.9. The number of hydrogen-bond acceptors (Lipinski definition) is 7. The Kier molecular flexibility index (Phi) is 11.2. The average molecular weight is 403 g/mol. The number of nitrogens with zero attached hydrogens (tertiary/aromatic N) is 1. The quantitative estimate of drug-likeness (QED) is 0.0897. The number of carbonyl (C=O) groups is 4. The highest BCUT2D eigenvalue weighted by Crippen LogP contribution is 2.00. The molecule has 28 heavy (non-hydrogen) atoms. The van der Waals surface area contributed by atoms with Gasteiger partial charge in [-0.3, -0.25) is 19.4 Å². The maximum absolute atomic E-state index is 12.1. The van der Waals surface area contributed by atoms with Crippen molar-refractivity contribution in [2.45, 2.75) is 50.9 Å². The number of carboxylic acids is 1. The third-order valence-electron chi connectivity index (χ3n) is 3.60. The Labute approximate surface area is 162 Å². The Morgan fingerprint density at radius 1 is 0.964 bits per heavy atom. The second-order valence-corrected chi connectivity index (χ2v) is 6.10. The van der Waals surface area contributed by atoms with E-state index in [-0.39, 0.29) is 18.9 Å². The Hall–Kier alpha value is -2.93. The number of aliphatic carboxylic acids is 1. The van der Waals surface area contributed by atoms with Crippen LogP contribution in [0.3, 0.4) is 0 Å². The Morgan fingerprint density at radius 3 is 1.93 bits per heavy atom. The van der Waals surface area contributed by atoms with Crippen LogP contribution in [-0.2, 0) is 19.2 Å². The number of hydrogen-bond donors (Lipinski definition) is 8. The van der Waals surface area contributed by atoms with Gasteiger partial charge < -0.3 is 43.4 Å². The van der Waals surface area contributed by atoms with Crippen molar-refractivity contribution in [3.63, 3.8) is 0 Å². The third-order valence-corrected chi connectivity index (χ3v) is 3.60.